The van der Waals surface area contributed by atoms with Crippen molar-refractivity contribution in [2.24, 2.45) is 0 Å². The molecule has 1 aromatic carbocycles. The largest absolute Gasteiger partial charge is 0.412 e. The van der Waals surface area contributed by atoms with Crippen molar-refractivity contribution >= 4 is 27.8 Å². The fourth-order valence-corrected chi connectivity index (χ4v) is 4.14. The number of anilines is 1. The van der Waals surface area contributed by atoms with Gasteiger partial charge in [-0.05, 0) is 55.8 Å². The SMILES string of the molecule is Cc1cc[nH]c(=O)c1-c1nc2c(C)c(F)ccc2cc1[C@@H](Nc1ncnc2cccnc12)C(F)(F)F. The first-order chi connectivity index (χ1) is 17.1. The molecule has 0 aliphatic rings. The van der Waals surface area contributed by atoms with Gasteiger partial charge in [-0.15, -0.1) is 0 Å². The minimum Gasteiger partial charge on any atom is -0.353 e. The van der Waals surface area contributed by atoms with Crippen molar-refractivity contribution in [1.29, 1.82) is 0 Å². The lowest BCUT2D eigenvalue weighted by molar-refractivity contribution is -0.143. The third kappa shape index (κ3) is 4.02. The predicted molar refractivity (Wildman–Crippen MR) is 127 cm³/mol. The summed E-state index contributed by atoms with van der Waals surface area (Å²) in [7, 11) is 0. The van der Waals surface area contributed by atoms with Crippen molar-refractivity contribution in [1.82, 2.24) is 24.9 Å². The molecule has 5 rings (SSSR count). The second-order valence-electron chi connectivity index (χ2n) is 8.25. The van der Waals surface area contributed by atoms with Gasteiger partial charge in [0.1, 0.15) is 17.7 Å². The average Bonchev–Trinajstić information content (AvgIpc) is 2.84. The zero-order chi connectivity index (χ0) is 25.6. The molecule has 7 nitrogen and oxygen atoms in total. The van der Waals surface area contributed by atoms with Gasteiger partial charge in [-0.1, -0.05) is 0 Å². The van der Waals surface area contributed by atoms with Gasteiger partial charge in [0.2, 0.25) is 0 Å². The fraction of sp³-hybridized carbons (Fsp3) is 0.160. The van der Waals surface area contributed by atoms with Gasteiger partial charge >= 0.3 is 6.18 Å². The lowest BCUT2D eigenvalue weighted by Crippen LogP contribution is -2.30. The first-order valence-electron chi connectivity index (χ1n) is 10.8. The monoisotopic (exact) mass is 494 g/mol. The van der Waals surface area contributed by atoms with Crippen LogP contribution in [0.4, 0.5) is 23.4 Å². The smallest absolute Gasteiger partial charge is 0.353 e. The van der Waals surface area contributed by atoms with Crippen LogP contribution in [0.2, 0.25) is 0 Å². The third-order valence-corrected chi connectivity index (χ3v) is 5.92. The lowest BCUT2D eigenvalue weighted by atomic mass is 9.95. The molecular weight excluding hydrogens is 476 g/mol. The third-order valence-electron chi connectivity index (χ3n) is 5.92. The van der Waals surface area contributed by atoms with Crippen molar-refractivity contribution in [2.75, 3.05) is 5.32 Å². The Balaban J connectivity index is 1.81. The molecule has 0 aliphatic carbocycles. The zero-order valence-corrected chi connectivity index (χ0v) is 19.0. The van der Waals surface area contributed by atoms with Gasteiger partial charge in [0.15, 0.2) is 11.9 Å². The highest BCUT2D eigenvalue weighted by atomic mass is 19.4. The van der Waals surface area contributed by atoms with Crippen LogP contribution in [0.5, 0.6) is 0 Å². The average molecular weight is 494 g/mol. The van der Waals surface area contributed by atoms with Crippen molar-refractivity contribution < 1.29 is 17.6 Å². The lowest BCUT2D eigenvalue weighted by Gasteiger charge is -2.25. The minimum atomic E-state index is -4.83. The van der Waals surface area contributed by atoms with Crippen LogP contribution >= 0.6 is 0 Å². The standard InChI is InChI=1S/C25H18F4N6O/c1-12-7-9-31-24(36)18(12)20-15(10-14-5-6-16(26)13(2)19(14)34-20)22(25(27,28)29)35-23-21-17(32-11-33-23)4-3-8-30-21/h3-11,22H,1-2H3,(H,31,36)(H,32,33,35)/t22-/m1/s1. The van der Waals surface area contributed by atoms with Crippen molar-refractivity contribution in [3.05, 3.63) is 88.0 Å². The Labute approximate surface area is 201 Å². The van der Waals surface area contributed by atoms with Crippen molar-refractivity contribution in [2.45, 2.75) is 26.1 Å². The van der Waals surface area contributed by atoms with E-state index in [4.69, 9.17) is 0 Å². The number of halogens is 4. The van der Waals surface area contributed by atoms with Gasteiger partial charge in [-0.3, -0.25) is 9.78 Å². The summed E-state index contributed by atoms with van der Waals surface area (Å²) in [5, 5.41) is 2.74. The van der Waals surface area contributed by atoms with Gasteiger partial charge in [0, 0.05) is 28.9 Å². The highest BCUT2D eigenvalue weighted by molar-refractivity contribution is 5.88. The van der Waals surface area contributed by atoms with Crippen LogP contribution in [0.1, 0.15) is 22.7 Å². The molecule has 182 valence electrons. The summed E-state index contributed by atoms with van der Waals surface area (Å²) >= 11 is 0. The van der Waals surface area contributed by atoms with Crippen LogP contribution in [0.3, 0.4) is 0 Å². The quantitative estimate of drug-likeness (QED) is 0.325. The highest BCUT2D eigenvalue weighted by Crippen LogP contribution is 2.41. The summed E-state index contributed by atoms with van der Waals surface area (Å²) in [4.78, 5) is 31.8. The molecule has 4 heterocycles. The molecule has 0 unspecified atom stereocenters. The number of aromatic nitrogens is 5. The van der Waals surface area contributed by atoms with Crippen LogP contribution < -0.4 is 10.9 Å². The second-order valence-corrected chi connectivity index (χ2v) is 8.25. The number of pyridine rings is 3. The Hall–Kier alpha value is -4.41. The zero-order valence-electron chi connectivity index (χ0n) is 19.0. The van der Waals surface area contributed by atoms with E-state index in [0.717, 1.165) is 6.33 Å². The second kappa shape index (κ2) is 8.67. The number of H-pyrrole nitrogens is 1. The van der Waals surface area contributed by atoms with Crippen molar-refractivity contribution in [3.63, 3.8) is 0 Å². The summed E-state index contributed by atoms with van der Waals surface area (Å²) < 4.78 is 58.2. The molecule has 0 amide bonds. The van der Waals surface area contributed by atoms with Crippen LogP contribution in [0.25, 0.3) is 33.2 Å². The molecule has 5 aromatic rings. The maximum absolute atomic E-state index is 14.6. The molecule has 0 radical (unpaired) electrons. The molecule has 0 aliphatic heterocycles. The molecule has 0 saturated heterocycles. The number of aryl methyl sites for hydroxylation is 2. The Morgan fingerprint density at radius 2 is 1.83 bits per heavy atom. The van der Waals surface area contributed by atoms with E-state index >= 15 is 0 Å². The van der Waals surface area contributed by atoms with E-state index in [2.05, 4.69) is 30.2 Å². The van der Waals surface area contributed by atoms with Crippen LogP contribution in [0, 0.1) is 19.7 Å². The Morgan fingerprint density at radius 1 is 1.03 bits per heavy atom. The molecule has 0 fully saturated rings. The first kappa shape index (κ1) is 23.3. The number of aromatic amines is 1. The molecule has 36 heavy (non-hydrogen) atoms. The first-order valence-corrected chi connectivity index (χ1v) is 10.8. The maximum atomic E-state index is 14.6. The molecule has 11 heteroatoms. The molecule has 1 atom stereocenters. The molecular formula is C25H18F4N6O. The Bertz CT molecular complexity index is 1680. The van der Waals surface area contributed by atoms with Gasteiger partial charge in [0.05, 0.1) is 22.3 Å². The number of nitrogens with zero attached hydrogens (tertiary/aromatic N) is 4. The topological polar surface area (TPSA) is 96.5 Å². The summed E-state index contributed by atoms with van der Waals surface area (Å²) in [6, 6.07) is 6.24. The number of benzene rings is 1. The molecule has 2 N–H and O–H groups in total. The summed E-state index contributed by atoms with van der Waals surface area (Å²) in [5.74, 6) is -0.695. The van der Waals surface area contributed by atoms with E-state index in [1.165, 1.54) is 37.5 Å². The van der Waals surface area contributed by atoms with E-state index in [0.29, 0.717) is 16.5 Å². The number of alkyl halides is 3. The minimum absolute atomic E-state index is 0.0419. The molecule has 0 saturated carbocycles. The van der Waals surface area contributed by atoms with Gasteiger partial charge < -0.3 is 10.3 Å². The van der Waals surface area contributed by atoms with Gasteiger partial charge in [-0.2, -0.15) is 13.2 Å². The maximum Gasteiger partial charge on any atom is 0.412 e. The van der Waals surface area contributed by atoms with E-state index in [1.54, 1.807) is 25.1 Å². The van der Waals surface area contributed by atoms with Crippen LogP contribution in [-0.4, -0.2) is 31.1 Å². The van der Waals surface area contributed by atoms with Gasteiger partial charge in [0.25, 0.3) is 5.56 Å². The van der Waals surface area contributed by atoms with Crippen LogP contribution in [-0.2, 0) is 0 Å². The number of fused-ring (bicyclic) bond motifs is 2. The highest BCUT2D eigenvalue weighted by Gasteiger charge is 2.43. The number of hydrogen-bond acceptors (Lipinski definition) is 6. The molecule has 4 aromatic heterocycles. The van der Waals surface area contributed by atoms with E-state index in [9.17, 15) is 22.4 Å². The Morgan fingerprint density at radius 3 is 2.58 bits per heavy atom. The van der Waals surface area contributed by atoms with E-state index in [1.807, 2.05) is 0 Å². The van der Waals surface area contributed by atoms with Gasteiger partial charge in [-0.25, -0.2) is 19.3 Å². The van der Waals surface area contributed by atoms with E-state index < -0.39 is 23.6 Å². The molecule has 0 spiro atoms. The number of rotatable bonds is 4. The fourth-order valence-electron chi connectivity index (χ4n) is 4.14. The normalized spacial score (nSPS) is 12.7. The summed E-state index contributed by atoms with van der Waals surface area (Å²) in [5.41, 5.74) is 0.0490. The van der Waals surface area contributed by atoms with Crippen molar-refractivity contribution in [3.8, 4) is 11.3 Å². The van der Waals surface area contributed by atoms with E-state index in [-0.39, 0.29) is 39.2 Å². The van der Waals surface area contributed by atoms with Crippen LogP contribution in [0.15, 0.2) is 59.9 Å². The molecule has 0 bridgehead atoms. The number of hydrogen-bond donors (Lipinski definition) is 2. The summed E-state index contributed by atoms with van der Waals surface area (Å²) in [6.07, 6.45) is -0.879. The summed E-state index contributed by atoms with van der Waals surface area (Å²) in [6.45, 7) is 3.07. The number of nitrogens with one attached hydrogen (secondary N) is 2. The Kier molecular flexibility index (Phi) is 5.62. The predicted octanol–water partition coefficient (Wildman–Crippen LogP) is 5.40.